The van der Waals surface area contributed by atoms with Crippen molar-refractivity contribution >= 4 is 11.9 Å². The Morgan fingerprint density at radius 1 is 0.958 bits per heavy atom. The van der Waals surface area contributed by atoms with Crippen molar-refractivity contribution in [3.63, 3.8) is 0 Å². The van der Waals surface area contributed by atoms with E-state index in [1.807, 2.05) is 57.2 Å². The van der Waals surface area contributed by atoms with Crippen LogP contribution in [0.2, 0.25) is 0 Å². The van der Waals surface area contributed by atoms with Gasteiger partial charge in [-0.05, 0) is 24.1 Å². The number of carbonyl (C=O) groups is 2. The van der Waals surface area contributed by atoms with Gasteiger partial charge in [0, 0.05) is 5.41 Å². The van der Waals surface area contributed by atoms with Crippen LogP contribution in [0, 0.1) is 5.41 Å². The van der Waals surface area contributed by atoms with Gasteiger partial charge in [0.15, 0.2) is 0 Å². The van der Waals surface area contributed by atoms with Gasteiger partial charge in [-0.1, -0.05) is 69.3 Å². The molecule has 2 rings (SSSR count). The SMILES string of the molecule is CCC(C)(C)C(=O)N(Cc1ccccc1)OC(=O)c1ccccc1. The Labute approximate surface area is 143 Å². The zero-order valence-corrected chi connectivity index (χ0v) is 14.4. The van der Waals surface area contributed by atoms with Crippen molar-refractivity contribution in [1.29, 1.82) is 0 Å². The van der Waals surface area contributed by atoms with E-state index >= 15 is 0 Å². The molecule has 2 aromatic rings. The molecule has 0 saturated heterocycles. The summed E-state index contributed by atoms with van der Waals surface area (Å²) in [5.41, 5.74) is 0.711. The summed E-state index contributed by atoms with van der Waals surface area (Å²) in [6.07, 6.45) is 0.653. The van der Waals surface area contributed by atoms with E-state index in [9.17, 15) is 9.59 Å². The Balaban J connectivity index is 2.22. The summed E-state index contributed by atoms with van der Waals surface area (Å²) in [5, 5.41) is 1.17. The van der Waals surface area contributed by atoms with Crippen molar-refractivity contribution in [3.05, 3.63) is 71.8 Å². The van der Waals surface area contributed by atoms with E-state index in [1.165, 1.54) is 5.06 Å². The van der Waals surface area contributed by atoms with Gasteiger partial charge in [0.05, 0.1) is 12.1 Å². The van der Waals surface area contributed by atoms with Crippen molar-refractivity contribution in [1.82, 2.24) is 5.06 Å². The molecule has 0 spiro atoms. The standard InChI is InChI=1S/C20H23NO3/c1-4-20(2,3)19(23)21(15-16-11-7-5-8-12-16)24-18(22)17-13-9-6-10-14-17/h5-14H,4,15H2,1-3H3. The lowest BCUT2D eigenvalue weighted by Crippen LogP contribution is -2.41. The van der Waals surface area contributed by atoms with Gasteiger partial charge < -0.3 is 4.84 Å². The monoisotopic (exact) mass is 325 g/mol. The van der Waals surface area contributed by atoms with Gasteiger partial charge in [-0.15, -0.1) is 0 Å². The maximum Gasteiger partial charge on any atom is 0.363 e. The highest BCUT2D eigenvalue weighted by molar-refractivity contribution is 5.91. The van der Waals surface area contributed by atoms with E-state index in [2.05, 4.69) is 0 Å². The van der Waals surface area contributed by atoms with Gasteiger partial charge in [-0.25, -0.2) is 4.79 Å². The Hall–Kier alpha value is -2.62. The Morgan fingerprint density at radius 2 is 1.50 bits per heavy atom. The number of rotatable bonds is 5. The van der Waals surface area contributed by atoms with Crippen LogP contribution in [0.4, 0.5) is 0 Å². The lowest BCUT2D eigenvalue weighted by molar-refractivity contribution is -0.180. The van der Waals surface area contributed by atoms with Gasteiger partial charge in [0.2, 0.25) is 0 Å². The fourth-order valence-corrected chi connectivity index (χ4v) is 2.11. The molecular weight excluding hydrogens is 302 g/mol. The van der Waals surface area contributed by atoms with Crippen LogP contribution in [0.15, 0.2) is 60.7 Å². The summed E-state index contributed by atoms with van der Waals surface area (Å²) < 4.78 is 0. The normalized spacial score (nSPS) is 11.0. The van der Waals surface area contributed by atoms with Crippen molar-refractivity contribution in [2.45, 2.75) is 33.7 Å². The molecule has 4 heteroatoms. The second kappa shape index (κ2) is 7.77. The molecule has 0 saturated carbocycles. The molecule has 1 amide bonds. The molecule has 0 aliphatic heterocycles. The first kappa shape index (κ1) is 17.7. The molecule has 0 atom stereocenters. The van der Waals surface area contributed by atoms with E-state index < -0.39 is 11.4 Å². The van der Waals surface area contributed by atoms with Crippen LogP contribution in [0.3, 0.4) is 0 Å². The topological polar surface area (TPSA) is 46.6 Å². The first-order chi connectivity index (χ1) is 11.4. The lowest BCUT2D eigenvalue weighted by atomic mass is 9.89. The number of hydrogen-bond acceptors (Lipinski definition) is 3. The van der Waals surface area contributed by atoms with E-state index in [4.69, 9.17) is 4.84 Å². The van der Waals surface area contributed by atoms with Crippen LogP contribution < -0.4 is 0 Å². The molecule has 0 radical (unpaired) electrons. The van der Waals surface area contributed by atoms with E-state index in [0.717, 1.165) is 5.56 Å². The Morgan fingerprint density at radius 3 is 2.04 bits per heavy atom. The van der Waals surface area contributed by atoms with Crippen LogP contribution in [0.25, 0.3) is 0 Å². The van der Waals surface area contributed by atoms with Crippen LogP contribution in [0.1, 0.15) is 43.1 Å². The quantitative estimate of drug-likeness (QED) is 0.773. The van der Waals surface area contributed by atoms with Crippen LogP contribution in [0.5, 0.6) is 0 Å². The fourth-order valence-electron chi connectivity index (χ4n) is 2.11. The van der Waals surface area contributed by atoms with Crippen molar-refractivity contribution in [3.8, 4) is 0 Å². The maximum atomic E-state index is 12.8. The summed E-state index contributed by atoms with van der Waals surface area (Å²) in [6, 6.07) is 18.2. The molecule has 0 fully saturated rings. The molecule has 0 unspecified atom stereocenters. The molecule has 0 N–H and O–H groups in total. The number of hydroxylamine groups is 2. The maximum absolute atomic E-state index is 12.8. The van der Waals surface area contributed by atoms with Crippen LogP contribution in [-0.2, 0) is 16.2 Å². The second-order valence-corrected chi connectivity index (χ2v) is 6.31. The molecule has 0 aliphatic carbocycles. The molecule has 0 heterocycles. The zero-order chi connectivity index (χ0) is 17.6. The minimum Gasteiger partial charge on any atom is -0.332 e. The predicted molar refractivity (Wildman–Crippen MR) is 92.9 cm³/mol. The Kier molecular flexibility index (Phi) is 5.74. The minimum atomic E-state index is -0.605. The third-order valence-corrected chi connectivity index (χ3v) is 4.06. The van der Waals surface area contributed by atoms with Gasteiger partial charge >= 0.3 is 5.97 Å². The Bertz CT molecular complexity index is 681. The molecule has 4 nitrogen and oxygen atoms in total. The molecule has 0 bridgehead atoms. The first-order valence-electron chi connectivity index (χ1n) is 8.07. The molecule has 0 aromatic heterocycles. The smallest absolute Gasteiger partial charge is 0.332 e. The summed E-state index contributed by atoms with van der Waals surface area (Å²) in [5.74, 6) is -0.745. The van der Waals surface area contributed by atoms with Crippen LogP contribution >= 0.6 is 0 Å². The summed E-state index contributed by atoms with van der Waals surface area (Å²) in [6.45, 7) is 5.87. The third kappa shape index (κ3) is 4.44. The molecule has 0 aliphatic rings. The largest absolute Gasteiger partial charge is 0.363 e. The number of nitrogens with zero attached hydrogens (tertiary/aromatic N) is 1. The zero-order valence-electron chi connectivity index (χ0n) is 14.4. The second-order valence-electron chi connectivity index (χ2n) is 6.31. The van der Waals surface area contributed by atoms with Gasteiger partial charge in [0.25, 0.3) is 5.91 Å². The van der Waals surface area contributed by atoms with Crippen molar-refractivity contribution in [2.75, 3.05) is 0 Å². The average Bonchev–Trinajstić information content (AvgIpc) is 2.62. The van der Waals surface area contributed by atoms with E-state index in [-0.39, 0.29) is 12.5 Å². The predicted octanol–water partition coefficient (Wildman–Crippen LogP) is 4.22. The average molecular weight is 325 g/mol. The van der Waals surface area contributed by atoms with E-state index in [0.29, 0.717) is 12.0 Å². The summed E-state index contributed by atoms with van der Waals surface area (Å²) in [4.78, 5) is 30.6. The third-order valence-electron chi connectivity index (χ3n) is 4.06. The van der Waals surface area contributed by atoms with Crippen molar-refractivity contribution < 1.29 is 14.4 Å². The molecule has 126 valence electrons. The van der Waals surface area contributed by atoms with Crippen molar-refractivity contribution in [2.24, 2.45) is 5.41 Å². The fraction of sp³-hybridized carbons (Fsp3) is 0.300. The lowest BCUT2D eigenvalue weighted by Gasteiger charge is -2.29. The highest BCUT2D eigenvalue weighted by Gasteiger charge is 2.33. The number of hydrogen-bond donors (Lipinski definition) is 0. The first-order valence-corrected chi connectivity index (χ1v) is 8.07. The summed E-state index contributed by atoms with van der Waals surface area (Å²) >= 11 is 0. The number of carbonyl (C=O) groups excluding carboxylic acids is 2. The van der Waals surface area contributed by atoms with Gasteiger partial charge in [-0.3, -0.25) is 4.79 Å². The minimum absolute atomic E-state index is 0.210. The van der Waals surface area contributed by atoms with Gasteiger partial charge in [-0.2, -0.15) is 5.06 Å². The number of amides is 1. The molecular formula is C20H23NO3. The van der Waals surface area contributed by atoms with Gasteiger partial charge in [0.1, 0.15) is 0 Å². The number of benzene rings is 2. The molecule has 2 aromatic carbocycles. The highest BCUT2D eigenvalue weighted by Crippen LogP contribution is 2.25. The highest BCUT2D eigenvalue weighted by atomic mass is 16.7. The summed E-state index contributed by atoms with van der Waals surface area (Å²) in [7, 11) is 0. The van der Waals surface area contributed by atoms with E-state index in [1.54, 1.807) is 24.3 Å². The van der Waals surface area contributed by atoms with Crippen LogP contribution in [-0.4, -0.2) is 16.9 Å². The molecule has 24 heavy (non-hydrogen) atoms.